The highest BCUT2D eigenvalue weighted by Crippen LogP contribution is 2.34. The van der Waals surface area contributed by atoms with Crippen LogP contribution in [0.15, 0.2) is 67.8 Å². The van der Waals surface area contributed by atoms with Crippen LogP contribution in [0.25, 0.3) is 0 Å². The number of hydrogen-bond donors (Lipinski definition) is 7. The number of aromatic nitrogens is 6. The zero-order valence-corrected chi connectivity index (χ0v) is 96.9. The van der Waals surface area contributed by atoms with Crippen LogP contribution in [0.1, 0.15) is 463 Å². The molecule has 0 bridgehead atoms. The van der Waals surface area contributed by atoms with E-state index in [1.807, 2.05) is 36.8 Å². The van der Waals surface area contributed by atoms with Crippen molar-refractivity contribution in [3.8, 4) is 0 Å². The van der Waals surface area contributed by atoms with Crippen LogP contribution in [0.4, 0.5) is 0 Å². The lowest BCUT2D eigenvalue weighted by Crippen LogP contribution is -2.46. The summed E-state index contributed by atoms with van der Waals surface area (Å²) in [5, 5.41) is 13.4. The molecule has 814 valence electrons. The van der Waals surface area contributed by atoms with Crippen LogP contribution in [0.5, 0.6) is 0 Å². The maximum absolute atomic E-state index is 5.48. The number of aromatic amines is 3. The summed E-state index contributed by atoms with van der Waals surface area (Å²) in [4.78, 5) is 27.2. The first kappa shape index (κ1) is 135. The van der Waals surface area contributed by atoms with Gasteiger partial charge in [-0.05, 0) is 266 Å². The largest absolute Gasteiger partial charge is 0.379 e. The second-order valence-electron chi connectivity index (χ2n) is 47.0. The van der Waals surface area contributed by atoms with Crippen LogP contribution in [-0.4, -0.2) is 217 Å². The lowest BCUT2D eigenvalue weighted by Gasteiger charge is -2.30. The van der Waals surface area contributed by atoms with Crippen LogP contribution in [0.3, 0.4) is 0 Å². The van der Waals surface area contributed by atoms with Gasteiger partial charge in [-0.15, -0.1) is 0 Å². The molecular weight excluding hydrogens is 1700 g/mol. The molecule has 12 fully saturated rings. The molecule has 0 amide bonds. The molecule has 17 nitrogen and oxygen atoms in total. The normalized spacial score (nSPS) is 21.1. The van der Waals surface area contributed by atoms with Gasteiger partial charge in [-0.2, -0.15) is 0 Å². The summed E-state index contributed by atoms with van der Waals surface area (Å²) >= 11 is 0. The molecule has 11 heterocycles. The molecule has 3 unspecified atom stereocenters. The first-order valence-electron chi connectivity index (χ1n) is 58.2. The molecular formula is C121H242N14O3. The molecule has 12 aliphatic rings. The zero-order chi connectivity index (χ0) is 102. The molecule has 4 aromatic heterocycles. The van der Waals surface area contributed by atoms with Gasteiger partial charge in [0, 0.05) is 150 Å². The summed E-state index contributed by atoms with van der Waals surface area (Å²) in [5.74, 6) is 15.9. The number of hydrogen-bond acceptors (Lipinski definition) is 13. The predicted octanol–water partition coefficient (Wildman–Crippen LogP) is 30.5. The molecule has 7 aliphatic heterocycles. The molecule has 138 heavy (non-hydrogen) atoms. The Kier molecular flexibility index (Phi) is 83.5. The topological polar surface area (TPSA) is 167 Å². The van der Waals surface area contributed by atoms with Gasteiger partial charge in [0.2, 0.25) is 0 Å². The van der Waals surface area contributed by atoms with Gasteiger partial charge in [0.25, 0.3) is 0 Å². The van der Waals surface area contributed by atoms with E-state index in [0.29, 0.717) is 53.8 Å². The van der Waals surface area contributed by atoms with E-state index in [2.05, 4.69) is 310 Å². The number of rotatable bonds is 16. The quantitative estimate of drug-likeness (QED) is 0.0567. The Labute approximate surface area is 860 Å². The van der Waals surface area contributed by atoms with Gasteiger partial charge in [-0.1, -0.05) is 314 Å². The Morgan fingerprint density at radius 3 is 0.928 bits per heavy atom. The number of piperazine rings is 1. The smallest absolute Gasteiger partial charge is 0.108 e. The van der Waals surface area contributed by atoms with Crippen molar-refractivity contribution >= 4 is 0 Å². The molecule has 5 saturated carbocycles. The van der Waals surface area contributed by atoms with Gasteiger partial charge in [0.05, 0.1) is 45.5 Å². The van der Waals surface area contributed by atoms with E-state index in [0.717, 1.165) is 174 Å². The third-order valence-corrected chi connectivity index (χ3v) is 30.5. The van der Waals surface area contributed by atoms with E-state index in [9.17, 15) is 0 Å². The van der Waals surface area contributed by atoms with E-state index in [-0.39, 0.29) is 7.43 Å². The molecule has 3 atom stereocenters. The third-order valence-electron chi connectivity index (χ3n) is 30.5. The van der Waals surface area contributed by atoms with Crippen molar-refractivity contribution in [3.05, 3.63) is 85.0 Å². The SMILES string of the molecule is C.CC(C)C1CCCC1.CC(C)C1CCCC1.CC(C)C1CCCCC1.CC(C)C1CCCCC1.CC(C)C1CCCCC1.CC(C)C1CCCNC1.CC(C)C1CNCCO1.CC(C)C1COCCN1.CC(C)N1CCCC1.CC(C)N1CCCCC1.CC(C)N1CCNCC1.CC(C)N1CCOCC1.CC(C)c1ccc[nH]1.CC(C)c1cnc[nH]1.CC(C)c1ncc[nH]1.CC(C)n1cccc1. The van der Waals surface area contributed by atoms with Crippen molar-refractivity contribution in [2.75, 3.05) is 131 Å². The fourth-order valence-electron chi connectivity index (χ4n) is 19.7. The van der Waals surface area contributed by atoms with Gasteiger partial charge >= 0.3 is 0 Å². The number of H-pyrrole nitrogens is 3. The number of likely N-dealkylation sites (tertiary alicyclic amines) is 2. The van der Waals surface area contributed by atoms with E-state index in [1.54, 1.807) is 12.5 Å². The Hall–Kier alpha value is -3.46. The summed E-state index contributed by atoms with van der Waals surface area (Å²) in [6, 6.07) is 12.4. The van der Waals surface area contributed by atoms with Crippen molar-refractivity contribution in [2.45, 2.75) is 482 Å². The molecule has 7 saturated heterocycles. The minimum atomic E-state index is 0. The van der Waals surface area contributed by atoms with Crippen molar-refractivity contribution in [3.63, 3.8) is 0 Å². The predicted molar refractivity (Wildman–Crippen MR) is 609 cm³/mol. The van der Waals surface area contributed by atoms with Crippen LogP contribution in [0.2, 0.25) is 0 Å². The summed E-state index contributed by atoms with van der Waals surface area (Å²) < 4.78 is 18.1. The zero-order valence-electron chi connectivity index (χ0n) is 96.9. The number of piperidine rings is 2. The van der Waals surface area contributed by atoms with Crippen molar-refractivity contribution in [2.24, 2.45) is 82.9 Å². The Morgan fingerprint density at radius 1 is 0.312 bits per heavy atom. The third kappa shape index (κ3) is 69.6. The van der Waals surface area contributed by atoms with Crippen LogP contribution < -0.4 is 21.3 Å². The van der Waals surface area contributed by atoms with Gasteiger partial charge in [0.15, 0.2) is 0 Å². The van der Waals surface area contributed by atoms with Gasteiger partial charge in [-0.3, -0.25) is 9.80 Å². The monoisotopic (exact) mass is 1940 g/mol. The lowest BCUT2D eigenvalue weighted by molar-refractivity contribution is 0.000506. The first-order valence-corrected chi connectivity index (χ1v) is 58.2. The minimum Gasteiger partial charge on any atom is -0.379 e. The van der Waals surface area contributed by atoms with Crippen LogP contribution >= 0.6 is 0 Å². The average molecular weight is 1940 g/mol. The number of nitrogens with one attached hydrogen (secondary N) is 7. The Morgan fingerprint density at radius 2 is 0.703 bits per heavy atom. The molecule has 16 rings (SSSR count). The summed E-state index contributed by atoms with van der Waals surface area (Å²) in [6.07, 6.45) is 58.0. The highest BCUT2D eigenvalue weighted by molar-refractivity contribution is 5.07. The number of ether oxygens (including phenoxy) is 3. The maximum atomic E-state index is 5.48. The van der Waals surface area contributed by atoms with Crippen molar-refractivity contribution in [1.82, 2.24) is 70.4 Å². The molecule has 0 radical (unpaired) electrons. The molecule has 0 spiro atoms. The number of imidazole rings is 2. The maximum Gasteiger partial charge on any atom is 0.108 e. The van der Waals surface area contributed by atoms with Crippen molar-refractivity contribution < 1.29 is 14.2 Å². The van der Waals surface area contributed by atoms with E-state index < -0.39 is 0 Å². The fourth-order valence-corrected chi connectivity index (χ4v) is 19.7. The fraction of sp³-hybridized carbons (Fsp3) is 0.884. The minimum absolute atomic E-state index is 0. The highest BCUT2D eigenvalue weighted by atomic mass is 16.5. The second kappa shape index (κ2) is 85.6. The highest BCUT2D eigenvalue weighted by Gasteiger charge is 2.24. The second-order valence-corrected chi connectivity index (χ2v) is 47.0. The molecule has 7 N–H and O–H groups in total. The molecule has 5 aliphatic carbocycles. The van der Waals surface area contributed by atoms with Crippen molar-refractivity contribution in [1.29, 1.82) is 0 Å². The summed E-state index contributed by atoms with van der Waals surface area (Å²) in [5.41, 5.74) is 2.51. The Bertz CT molecular complexity index is 2520. The average Bonchev–Trinajstić information content (AvgIpc) is 1.92. The van der Waals surface area contributed by atoms with Crippen LogP contribution in [-0.2, 0) is 14.2 Å². The van der Waals surface area contributed by atoms with E-state index in [4.69, 9.17) is 14.2 Å². The molecule has 0 aromatic carbocycles. The standard InChI is InChI=1S/3C9H18.2C8H17N.2C8H16.C7H16N2.3C7H15NO.C7H15N.2C7H11N.2C6H10N2.CH4/c3*1-8(2)9-6-4-3-5-7-9;1-7(2)8-4-3-5-9-6-8;1-8(2)9-6-4-3-5-7-9;2*1-7(2)8-5-3-4-6-8;1-7(2)9-5-3-8-4-6-9;1-7(2)8-3-5-9-6-4-8;1-6(2)7-5-9-4-3-8-7;1-6(2)7-5-8-3-4-9-7;2*1-7(2)8-5-3-4-6-8;1-6(2)7-4-3-5-8-7;1-5(2)6-3-7-4-8-6;1-5(2)6-7-3-4-8-6;/h3*8-9H,3-7H2,1-2H3;7-9H,3-6H2,1-2H3;8H,3-7H2,1-2H3;2*7-8H,3-6H2,1-2H3;7-8H,3-6H2,1-2H3;7H,3-6H2,1-2H3;2*6-8H,3-5H2,1-2H3;7H,3-6H2,1-2H3;3-7H,1-2H3;3-6,8H,1-2H3;2*3-5H,1-2H3,(H,7,8);1H4. The number of morpholine rings is 3. The summed E-state index contributed by atoms with van der Waals surface area (Å²) in [6.45, 7) is 94.5. The lowest BCUT2D eigenvalue weighted by atomic mass is 9.82. The van der Waals surface area contributed by atoms with E-state index >= 15 is 0 Å². The molecule has 4 aromatic rings. The van der Waals surface area contributed by atoms with Gasteiger partial charge in [-0.25, -0.2) is 9.97 Å². The molecule has 17 heteroatoms. The Balaban J connectivity index is 0.00000145. The van der Waals surface area contributed by atoms with E-state index in [1.165, 1.54) is 256 Å². The first-order chi connectivity index (χ1) is 65.4. The van der Waals surface area contributed by atoms with Gasteiger partial charge < -0.3 is 64.8 Å². The van der Waals surface area contributed by atoms with Gasteiger partial charge in [0.1, 0.15) is 5.82 Å². The summed E-state index contributed by atoms with van der Waals surface area (Å²) in [7, 11) is 0. The van der Waals surface area contributed by atoms with Crippen LogP contribution in [0, 0.1) is 82.9 Å². The number of nitrogens with zero attached hydrogens (tertiary/aromatic N) is 7.